The molecule has 3 aliphatic rings. The first kappa shape index (κ1) is 32.4. The molecule has 1 aliphatic carbocycles. The van der Waals surface area contributed by atoms with E-state index in [1.807, 2.05) is 11.0 Å². The van der Waals surface area contributed by atoms with Crippen LogP contribution in [0.3, 0.4) is 0 Å². The maximum Gasteiger partial charge on any atom is 0.210 e. The predicted octanol–water partition coefficient (Wildman–Crippen LogP) is 5.06. The summed E-state index contributed by atoms with van der Waals surface area (Å²) >= 11 is 0. The summed E-state index contributed by atoms with van der Waals surface area (Å²) in [4.78, 5) is 18.7. The number of hydrogen-bond donors (Lipinski definition) is 1. The number of carbonyl (C=O) groups is 1. The number of nitrogens with one attached hydrogen (secondary N) is 1. The molecular weight excluding hydrogens is 572 g/mol. The number of amides is 1. The highest BCUT2D eigenvalue weighted by atomic mass is 16.5. The van der Waals surface area contributed by atoms with Crippen LogP contribution in [0.15, 0.2) is 66.8 Å². The summed E-state index contributed by atoms with van der Waals surface area (Å²) in [7, 11) is 3.95. The molecule has 0 bridgehead atoms. The Morgan fingerprint density at radius 3 is 2.50 bits per heavy atom. The van der Waals surface area contributed by atoms with Gasteiger partial charge in [0.1, 0.15) is 5.75 Å². The fourth-order valence-corrected chi connectivity index (χ4v) is 7.92. The van der Waals surface area contributed by atoms with Gasteiger partial charge >= 0.3 is 0 Å². The molecule has 0 radical (unpaired) electrons. The lowest BCUT2D eigenvalue weighted by atomic mass is 9.92. The van der Waals surface area contributed by atoms with Crippen LogP contribution in [0.25, 0.3) is 10.9 Å². The minimum Gasteiger partial charge on any atom is -0.497 e. The Morgan fingerprint density at radius 1 is 0.978 bits per heavy atom. The molecule has 2 saturated heterocycles. The zero-order valence-electron chi connectivity index (χ0n) is 28.4. The van der Waals surface area contributed by atoms with Crippen molar-refractivity contribution in [1.29, 1.82) is 0 Å². The van der Waals surface area contributed by atoms with Crippen molar-refractivity contribution in [2.45, 2.75) is 45.3 Å². The maximum absolute atomic E-state index is 11.8. The number of anilines is 1. The van der Waals surface area contributed by atoms with Crippen LogP contribution in [-0.2, 0) is 17.8 Å². The van der Waals surface area contributed by atoms with Gasteiger partial charge < -0.3 is 29.3 Å². The van der Waals surface area contributed by atoms with Gasteiger partial charge in [0.2, 0.25) is 6.41 Å². The number of benzene rings is 2. The lowest BCUT2D eigenvalue weighted by Crippen LogP contribution is -2.73. The smallest absolute Gasteiger partial charge is 0.210 e. The van der Waals surface area contributed by atoms with Crippen molar-refractivity contribution in [1.82, 2.24) is 19.3 Å². The van der Waals surface area contributed by atoms with E-state index in [-0.39, 0.29) is 5.66 Å². The molecule has 0 saturated carbocycles. The third-order valence-electron chi connectivity index (χ3n) is 11.1. The van der Waals surface area contributed by atoms with E-state index in [0.717, 1.165) is 81.0 Å². The van der Waals surface area contributed by atoms with Gasteiger partial charge in [0.25, 0.3) is 0 Å². The number of methoxy groups -OCH3 is 1. The summed E-state index contributed by atoms with van der Waals surface area (Å²) in [5, 5.41) is 5.45. The van der Waals surface area contributed by atoms with Crippen LogP contribution in [0.2, 0.25) is 0 Å². The van der Waals surface area contributed by atoms with Crippen molar-refractivity contribution < 1.29 is 14.0 Å². The van der Waals surface area contributed by atoms with E-state index in [0.29, 0.717) is 0 Å². The van der Waals surface area contributed by atoms with Crippen LogP contribution in [0.4, 0.5) is 5.69 Å². The lowest BCUT2D eigenvalue weighted by Gasteiger charge is -2.55. The minimum absolute atomic E-state index is 0.315. The number of piperazine rings is 2. The molecular formula is C38H53N6O2+. The Balaban J connectivity index is 1.26. The number of ether oxygens (including phenoxy) is 1. The molecule has 3 heterocycles. The number of rotatable bonds is 12. The lowest BCUT2D eigenvalue weighted by molar-refractivity contribution is -0.968. The molecule has 1 aromatic heterocycles. The number of quaternary nitrogens is 1. The van der Waals surface area contributed by atoms with Gasteiger partial charge in [-0.3, -0.25) is 9.28 Å². The van der Waals surface area contributed by atoms with Gasteiger partial charge in [0, 0.05) is 67.8 Å². The van der Waals surface area contributed by atoms with Crippen LogP contribution in [0.1, 0.15) is 29.7 Å². The predicted molar refractivity (Wildman–Crippen MR) is 188 cm³/mol. The molecule has 2 fully saturated rings. The highest BCUT2D eigenvalue weighted by Crippen LogP contribution is 2.38. The number of nitrogens with zero attached hydrogens (tertiary/aromatic N) is 5. The van der Waals surface area contributed by atoms with Crippen molar-refractivity contribution >= 4 is 23.0 Å². The fourth-order valence-electron chi connectivity index (χ4n) is 7.92. The van der Waals surface area contributed by atoms with Gasteiger partial charge in [-0.1, -0.05) is 30.4 Å². The SMILES string of the molecule is COc1cccc(CC[N+]2(C3(Nc4ccc5c(c4)c(C)c(C)n5CCCN4CCN(C)CC4)C=CC=CC3)CCN(C=O)CC2)c1. The van der Waals surface area contributed by atoms with Gasteiger partial charge in [-0.2, -0.15) is 0 Å². The number of aromatic nitrogens is 1. The zero-order valence-corrected chi connectivity index (χ0v) is 28.4. The molecule has 46 heavy (non-hydrogen) atoms. The van der Waals surface area contributed by atoms with Gasteiger partial charge in [0.15, 0.2) is 5.66 Å². The van der Waals surface area contributed by atoms with Gasteiger partial charge in [-0.25, -0.2) is 0 Å². The molecule has 246 valence electrons. The minimum atomic E-state index is -0.315. The second kappa shape index (κ2) is 14.0. The molecule has 3 aromatic rings. The summed E-state index contributed by atoms with van der Waals surface area (Å²) in [5.41, 5.74) is 6.18. The number of likely N-dealkylation sites (N-methyl/N-ethyl adjacent to an activating group) is 1. The highest BCUT2D eigenvalue weighted by molar-refractivity contribution is 5.88. The second-order valence-electron chi connectivity index (χ2n) is 13.7. The Bertz CT molecular complexity index is 1560. The molecule has 1 amide bonds. The fraction of sp³-hybridized carbons (Fsp3) is 0.500. The van der Waals surface area contributed by atoms with E-state index in [1.165, 1.54) is 60.3 Å². The second-order valence-corrected chi connectivity index (χ2v) is 13.7. The summed E-state index contributed by atoms with van der Waals surface area (Å²) in [6.07, 6.45) is 13.1. The van der Waals surface area contributed by atoms with Crippen molar-refractivity contribution in [3.8, 4) is 5.75 Å². The van der Waals surface area contributed by atoms with Gasteiger partial charge in [-0.05, 0) is 81.4 Å². The summed E-state index contributed by atoms with van der Waals surface area (Å²) < 4.78 is 8.94. The number of fused-ring (bicyclic) bond motifs is 1. The van der Waals surface area contributed by atoms with E-state index >= 15 is 0 Å². The number of allylic oxidation sites excluding steroid dienone is 2. The zero-order chi connectivity index (χ0) is 32.1. The van der Waals surface area contributed by atoms with Gasteiger partial charge in [-0.15, -0.1) is 0 Å². The van der Waals surface area contributed by atoms with Crippen LogP contribution >= 0.6 is 0 Å². The molecule has 2 aliphatic heterocycles. The molecule has 8 heteroatoms. The Morgan fingerprint density at radius 2 is 1.78 bits per heavy atom. The van der Waals surface area contributed by atoms with Gasteiger partial charge in [0.05, 0.1) is 39.8 Å². The molecule has 8 nitrogen and oxygen atoms in total. The van der Waals surface area contributed by atoms with Crippen LogP contribution in [0.5, 0.6) is 5.75 Å². The van der Waals surface area contributed by atoms with E-state index in [2.05, 4.69) is 101 Å². The third kappa shape index (κ3) is 6.61. The summed E-state index contributed by atoms with van der Waals surface area (Å²) in [6, 6.07) is 15.4. The summed E-state index contributed by atoms with van der Waals surface area (Å²) in [6.45, 7) is 15.7. The monoisotopic (exact) mass is 625 g/mol. The van der Waals surface area contributed by atoms with E-state index in [9.17, 15) is 4.79 Å². The van der Waals surface area contributed by atoms with Crippen LogP contribution in [-0.4, -0.2) is 115 Å². The Kier molecular flexibility index (Phi) is 9.87. The van der Waals surface area contributed by atoms with Crippen molar-refractivity contribution in [3.05, 3.63) is 83.6 Å². The Hall–Kier alpha value is -3.59. The largest absolute Gasteiger partial charge is 0.497 e. The Labute approximate surface area is 275 Å². The maximum atomic E-state index is 11.8. The first-order chi connectivity index (χ1) is 22.3. The van der Waals surface area contributed by atoms with Crippen molar-refractivity contribution in [2.75, 3.05) is 84.9 Å². The third-order valence-corrected chi connectivity index (χ3v) is 11.1. The molecule has 1 unspecified atom stereocenters. The highest BCUT2D eigenvalue weighted by Gasteiger charge is 2.50. The van der Waals surface area contributed by atoms with Crippen LogP contribution in [0, 0.1) is 13.8 Å². The topological polar surface area (TPSA) is 53.0 Å². The first-order valence-electron chi connectivity index (χ1n) is 17.2. The van der Waals surface area contributed by atoms with E-state index < -0.39 is 0 Å². The van der Waals surface area contributed by atoms with Crippen LogP contribution < -0.4 is 10.1 Å². The van der Waals surface area contributed by atoms with E-state index in [1.54, 1.807) is 7.11 Å². The average Bonchev–Trinajstić information content (AvgIpc) is 3.33. The number of aryl methyl sites for hydroxylation is 2. The molecule has 6 rings (SSSR count). The standard InChI is InChI=1S/C38H53N6O2/c1-31-32(2)43(18-9-17-41-21-19-40(3)20-22-41)37-13-12-34(29-36(31)37)39-38(15-6-5-7-16-38)44(26-23-42(30-45)24-27-44)25-14-33-10-8-11-35(28-33)46-4/h5-8,10-13,15,28-30,39H,9,14,16-27H2,1-4H3/q+1. The molecule has 1 atom stereocenters. The number of hydrogen-bond acceptors (Lipinski definition) is 5. The normalized spacial score (nSPS) is 22.0. The summed E-state index contributed by atoms with van der Waals surface area (Å²) in [5.74, 6) is 0.897. The average molecular weight is 626 g/mol. The van der Waals surface area contributed by atoms with E-state index in [4.69, 9.17) is 4.74 Å². The first-order valence-corrected chi connectivity index (χ1v) is 17.2. The van der Waals surface area contributed by atoms with Crippen molar-refractivity contribution in [3.63, 3.8) is 0 Å². The quantitative estimate of drug-likeness (QED) is 0.225. The number of carbonyl (C=O) groups excluding carboxylic acids is 1. The molecule has 0 spiro atoms. The molecule has 2 aromatic carbocycles. The molecule has 1 N–H and O–H groups in total. The van der Waals surface area contributed by atoms with Crippen molar-refractivity contribution in [2.24, 2.45) is 0 Å².